The molecule has 1 aliphatic heterocycles. The van der Waals surface area contributed by atoms with Gasteiger partial charge in [-0.05, 0) is 44.4 Å². The SMILES string of the molecule is CCN(CC)CCn1nc2c3c(c(NCCNC)ccc31)Sc1cccnc1-2. The molecule has 6 nitrogen and oxygen atoms in total. The van der Waals surface area contributed by atoms with Crippen LogP contribution in [0.2, 0.25) is 0 Å². The number of nitrogens with one attached hydrogen (secondary N) is 2. The highest BCUT2D eigenvalue weighted by atomic mass is 32.2. The predicted molar refractivity (Wildman–Crippen MR) is 117 cm³/mol. The summed E-state index contributed by atoms with van der Waals surface area (Å²) in [4.78, 5) is 9.52. The molecular weight excluding hydrogens is 368 g/mol. The summed E-state index contributed by atoms with van der Waals surface area (Å²) in [6, 6.07) is 8.54. The van der Waals surface area contributed by atoms with Gasteiger partial charge < -0.3 is 15.5 Å². The number of benzene rings is 1. The van der Waals surface area contributed by atoms with Crippen molar-refractivity contribution in [2.24, 2.45) is 0 Å². The number of anilines is 1. The number of hydrogen-bond acceptors (Lipinski definition) is 6. The maximum atomic E-state index is 5.01. The van der Waals surface area contributed by atoms with Crippen LogP contribution in [0.25, 0.3) is 22.3 Å². The van der Waals surface area contributed by atoms with Crippen molar-refractivity contribution < 1.29 is 0 Å². The summed E-state index contributed by atoms with van der Waals surface area (Å²) in [5.74, 6) is 0. The zero-order valence-electron chi connectivity index (χ0n) is 16.8. The lowest BCUT2D eigenvalue weighted by Crippen LogP contribution is -2.27. The number of likely N-dealkylation sites (N-methyl/N-ethyl adjacent to an activating group) is 2. The zero-order valence-corrected chi connectivity index (χ0v) is 17.6. The highest BCUT2D eigenvalue weighted by molar-refractivity contribution is 8.00. The second-order valence-electron chi connectivity index (χ2n) is 6.92. The molecule has 1 aromatic carbocycles. The third-order valence-corrected chi connectivity index (χ3v) is 6.47. The van der Waals surface area contributed by atoms with Gasteiger partial charge in [0.15, 0.2) is 0 Å². The molecule has 0 spiro atoms. The fourth-order valence-electron chi connectivity index (χ4n) is 3.68. The van der Waals surface area contributed by atoms with Gasteiger partial charge in [-0.3, -0.25) is 9.67 Å². The molecular formula is C21H28N6S. The summed E-state index contributed by atoms with van der Waals surface area (Å²) in [5, 5.41) is 13.0. The first-order valence-corrected chi connectivity index (χ1v) is 10.9. The Morgan fingerprint density at radius 2 is 1.96 bits per heavy atom. The van der Waals surface area contributed by atoms with Gasteiger partial charge in [-0.1, -0.05) is 25.6 Å². The molecule has 0 amide bonds. The number of nitrogens with zero attached hydrogens (tertiary/aromatic N) is 4. The van der Waals surface area contributed by atoms with E-state index in [0.717, 1.165) is 50.7 Å². The van der Waals surface area contributed by atoms with Crippen molar-refractivity contribution >= 4 is 28.4 Å². The molecule has 0 radical (unpaired) electrons. The zero-order chi connectivity index (χ0) is 19.5. The van der Waals surface area contributed by atoms with Crippen LogP contribution in [0, 0.1) is 0 Å². The van der Waals surface area contributed by atoms with Crippen LogP contribution in [0.4, 0.5) is 5.69 Å². The number of rotatable bonds is 9. The van der Waals surface area contributed by atoms with Crippen LogP contribution in [0.15, 0.2) is 40.3 Å². The van der Waals surface area contributed by atoms with E-state index in [1.807, 2.05) is 19.3 Å². The Bertz CT molecular complexity index is 963. The molecule has 0 atom stereocenters. The molecule has 148 valence electrons. The van der Waals surface area contributed by atoms with Gasteiger partial charge in [0.05, 0.1) is 12.1 Å². The standard InChI is InChI=1S/C21H28N6S/c1-4-26(5-2)13-14-27-16-9-8-15(23-12-11-22-3)21-18(16)20(25-27)19-17(28-21)7-6-10-24-19/h6-10,22-23H,4-5,11-14H2,1-3H3. The van der Waals surface area contributed by atoms with E-state index in [1.54, 1.807) is 11.8 Å². The smallest absolute Gasteiger partial charge is 0.121 e. The maximum Gasteiger partial charge on any atom is 0.121 e. The van der Waals surface area contributed by atoms with Crippen molar-refractivity contribution in [2.75, 3.05) is 45.1 Å². The van der Waals surface area contributed by atoms with E-state index in [9.17, 15) is 0 Å². The Kier molecular flexibility index (Phi) is 5.85. The number of aromatic nitrogens is 3. The molecule has 0 saturated heterocycles. The fourth-order valence-corrected chi connectivity index (χ4v) is 4.85. The van der Waals surface area contributed by atoms with Crippen LogP contribution < -0.4 is 10.6 Å². The van der Waals surface area contributed by atoms with E-state index < -0.39 is 0 Å². The van der Waals surface area contributed by atoms with E-state index in [4.69, 9.17) is 5.10 Å². The Morgan fingerprint density at radius 3 is 2.75 bits per heavy atom. The third kappa shape index (κ3) is 3.50. The van der Waals surface area contributed by atoms with E-state index in [2.05, 4.69) is 57.2 Å². The number of pyridine rings is 1. The van der Waals surface area contributed by atoms with Crippen LogP contribution >= 0.6 is 11.8 Å². The molecule has 4 rings (SSSR count). The first kappa shape index (κ1) is 19.2. The summed E-state index contributed by atoms with van der Waals surface area (Å²) < 4.78 is 2.16. The summed E-state index contributed by atoms with van der Waals surface area (Å²) in [6.45, 7) is 10.3. The van der Waals surface area contributed by atoms with Crippen LogP contribution in [-0.2, 0) is 6.54 Å². The van der Waals surface area contributed by atoms with Gasteiger partial charge >= 0.3 is 0 Å². The first-order chi connectivity index (χ1) is 13.8. The van der Waals surface area contributed by atoms with E-state index >= 15 is 0 Å². The Hall–Kier alpha value is -2.09. The minimum Gasteiger partial charge on any atom is -0.383 e. The van der Waals surface area contributed by atoms with Gasteiger partial charge in [0, 0.05) is 46.7 Å². The largest absolute Gasteiger partial charge is 0.383 e. The van der Waals surface area contributed by atoms with Crippen LogP contribution in [0.3, 0.4) is 0 Å². The minimum atomic E-state index is 0.886. The summed E-state index contributed by atoms with van der Waals surface area (Å²) in [6.07, 6.45) is 1.86. The van der Waals surface area contributed by atoms with Crippen molar-refractivity contribution in [3.8, 4) is 11.4 Å². The van der Waals surface area contributed by atoms with E-state index in [-0.39, 0.29) is 0 Å². The van der Waals surface area contributed by atoms with Crippen molar-refractivity contribution in [1.29, 1.82) is 0 Å². The van der Waals surface area contributed by atoms with Gasteiger partial charge in [0.1, 0.15) is 11.4 Å². The molecule has 2 aromatic heterocycles. The molecule has 0 bridgehead atoms. The van der Waals surface area contributed by atoms with Crippen LogP contribution in [0.5, 0.6) is 0 Å². The van der Waals surface area contributed by atoms with Crippen molar-refractivity contribution in [2.45, 2.75) is 30.2 Å². The highest BCUT2D eigenvalue weighted by Crippen LogP contribution is 2.49. The van der Waals surface area contributed by atoms with Gasteiger partial charge in [0.2, 0.25) is 0 Å². The molecule has 0 saturated carbocycles. The highest BCUT2D eigenvalue weighted by Gasteiger charge is 2.26. The molecule has 3 aromatic rings. The lowest BCUT2D eigenvalue weighted by atomic mass is 10.1. The average molecular weight is 397 g/mol. The number of fused-ring (bicyclic) bond motifs is 2. The molecule has 28 heavy (non-hydrogen) atoms. The topological polar surface area (TPSA) is 58.0 Å². The number of hydrogen-bond donors (Lipinski definition) is 2. The lowest BCUT2D eigenvalue weighted by molar-refractivity contribution is 0.287. The summed E-state index contributed by atoms with van der Waals surface area (Å²) in [5.41, 5.74) is 4.38. The lowest BCUT2D eigenvalue weighted by Gasteiger charge is -2.19. The molecule has 1 aliphatic rings. The molecule has 7 heteroatoms. The van der Waals surface area contributed by atoms with E-state index in [0.29, 0.717) is 0 Å². The van der Waals surface area contributed by atoms with Gasteiger partial charge in [-0.25, -0.2) is 0 Å². The van der Waals surface area contributed by atoms with Crippen LogP contribution in [-0.4, -0.2) is 59.4 Å². The van der Waals surface area contributed by atoms with Gasteiger partial charge in [0.25, 0.3) is 0 Å². The fraction of sp³-hybridized carbons (Fsp3) is 0.429. The predicted octanol–water partition coefficient (Wildman–Crippen LogP) is 3.54. The Labute approximate surface area is 170 Å². The molecule has 2 N–H and O–H groups in total. The Balaban J connectivity index is 1.78. The van der Waals surface area contributed by atoms with Gasteiger partial charge in [-0.2, -0.15) is 5.10 Å². The normalized spacial score (nSPS) is 12.6. The van der Waals surface area contributed by atoms with Crippen molar-refractivity contribution in [3.63, 3.8) is 0 Å². The quantitative estimate of drug-likeness (QED) is 0.422. The third-order valence-electron chi connectivity index (χ3n) is 5.29. The second kappa shape index (κ2) is 8.51. The molecule has 0 unspecified atom stereocenters. The van der Waals surface area contributed by atoms with Crippen molar-refractivity contribution in [3.05, 3.63) is 30.5 Å². The Morgan fingerprint density at radius 1 is 1.11 bits per heavy atom. The monoisotopic (exact) mass is 396 g/mol. The van der Waals surface area contributed by atoms with E-state index in [1.165, 1.54) is 26.4 Å². The molecule has 0 fully saturated rings. The molecule has 0 aliphatic carbocycles. The van der Waals surface area contributed by atoms with Crippen molar-refractivity contribution in [1.82, 2.24) is 25.0 Å². The summed E-state index contributed by atoms with van der Waals surface area (Å²) in [7, 11) is 1.98. The first-order valence-electron chi connectivity index (χ1n) is 10.0. The second-order valence-corrected chi connectivity index (χ2v) is 7.97. The molecule has 3 heterocycles. The summed E-state index contributed by atoms with van der Waals surface area (Å²) >= 11 is 1.80. The maximum absolute atomic E-state index is 5.01. The van der Waals surface area contributed by atoms with Gasteiger partial charge in [-0.15, -0.1) is 0 Å². The average Bonchev–Trinajstić information content (AvgIpc) is 3.10. The van der Waals surface area contributed by atoms with Crippen LogP contribution in [0.1, 0.15) is 13.8 Å². The minimum absolute atomic E-state index is 0.886.